The van der Waals surface area contributed by atoms with Gasteiger partial charge in [0.1, 0.15) is 0 Å². The van der Waals surface area contributed by atoms with Gasteiger partial charge in [-0.05, 0) is 24.5 Å². The third-order valence-electron chi connectivity index (χ3n) is 4.33. The lowest BCUT2D eigenvalue weighted by Crippen LogP contribution is -2.47. The van der Waals surface area contributed by atoms with Gasteiger partial charge in [-0.2, -0.15) is 0 Å². The number of non-ortho nitro benzene ring substituents is 1. The monoisotopic (exact) mass is 286 g/mol. The molecule has 0 spiro atoms. The summed E-state index contributed by atoms with van der Waals surface area (Å²) in [7, 11) is 0. The average molecular weight is 286 g/mol. The standard InChI is InChI=1S/C15H18N4O2/c1-10-5-7-18(9-13(10)16)14-2-3-15(19(20)21)11-4-6-17-8-12(11)14/h2-4,6,8,10,13H,5,7,9,16H2,1H3. The van der Waals surface area contributed by atoms with Gasteiger partial charge in [-0.15, -0.1) is 0 Å². The molecule has 1 fully saturated rings. The molecule has 2 aromatic rings. The summed E-state index contributed by atoms with van der Waals surface area (Å²) in [5.74, 6) is 0.503. The Morgan fingerprint density at radius 3 is 2.90 bits per heavy atom. The average Bonchev–Trinajstić information content (AvgIpc) is 2.49. The van der Waals surface area contributed by atoms with Crippen molar-refractivity contribution in [3.05, 3.63) is 40.7 Å². The highest BCUT2D eigenvalue weighted by Gasteiger charge is 2.25. The van der Waals surface area contributed by atoms with Crippen LogP contribution in [-0.4, -0.2) is 29.0 Å². The van der Waals surface area contributed by atoms with E-state index in [0.717, 1.165) is 30.6 Å². The van der Waals surface area contributed by atoms with Crippen molar-refractivity contribution in [3.8, 4) is 0 Å². The summed E-state index contributed by atoms with van der Waals surface area (Å²) in [4.78, 5) is 17.1. The van der Waals surface area contributed by atoms with Crippen molar-refractivity contribution in [2.24, 2.45) is 11.7 Å². The predicted molar refractivity (Wildman–Crippen MR) is 82.4 cm³/mol. The van der Waals surface area contributed by atoms with Crippen molar-refractivity contribution in [1.82, 2.24) is 4.98 Å². The molecule has 21 heavy (non-hydrogen) atoms. The number of piperidine rings is 1. The SMILES string of the molecule is CC1CCN(c2ccc([N+](=O)[O-])c3ccncc23)CC1N. The van der Waals surface area contributed by atoms with Crippen LogP contribution in [0.3, 0.4) is 0 Å². The Morgan fingerprint density at radius 1 is 1.38 bits per heavy atom. The second-order valence-electron chi connectivity index (χ2n) is 5.66. The molecule has 2 unspecified atom stereocenters. The zero-order valence-electron chi connectivity index (χ0n) is 11.9. The van der Waals surface area contributed by atoms with Gasteiger partial charge >= 0.3 is 0 Å². The van der Waals surface area contributed by atoms with Gasteiger partial charge in [-0.25, -0.2) is 0 Å². The summed E-state index contributed by atoms with van der Waals surface area (Å²) < 4.78 is 0. The van der Waals surface area contributed by atoms with Crippen LogP contribution in [0.1, 0.15) is 13.3 Å². The smallest absolute Gasteiger partial charge is 0.277 e. The van der Waals surface area contributed by atoms with Crippen molar-refractivity contribution in [3.63, 3.8) is 0 Å². The van der Waals surface area contributed by atoms with E-state index in [2.05, 4.69) is 16.8 Å². The van der Waals surface area contributed by atoms with E-state index in [9.17, 15) is 10.1 Å². The number of hydrogen-bond donors (Lipinski definition) is 1. The van der Waals surface area contributed by atoms with Crippen molar-refractivity contribution >= 4 is 22.1 Å². The molecule has 2 heterocycles. The van der Waals surface area contributed by atoms with Gasteiger partial charge in [0.15, 0.2) is 0 Å². The molecule has 0 bridgehead atoms. The molecule has 1 aliphatic rings. The van der Waals surface area contributed by atoms with Crippen LogP contribution >= 0.6 is 0 Å². The number of fused-ring (bicyclic) bond motifs is 1. The highest BCUT2D eigenvalue weighted by atomic mass is 16.6. The number of anilines is 1. The van der Waals surface area contributed by atoms with E-state index < -0.39 is 0 Å². The number of nitro groups is 1. The molecule has 1 saturated heterocycles. The number of nitrogens with two attached hydrogens (primary N) is 1. The van der Waals surface area contributed by atoms with Crippen molar-refractivity contribution in [2.75, 3.05) is 18.0 Å². The lowest BCUT2D eigenvalue weighted by atomic mass is 9.93. The maximum atomic E-state index is 11.1. The Labute approximate surface area is 122 Å². The summed E-state index contributed by atoms with van der Waals surface area (Å²) in [6.07, 6.45) is 4.31. The van der Waals surface area contributed by atoms with E-state index in [1.165, 1.54) is 0 Å². The van der Waals surface area contributed by atoms with Gasteiger partial charge < -0.3 is 10.6 Å². The van der Waals surface area contributed by atoms with Crippen molar-refractivity contribution < 1.29 is 4.92 Å². The minimum absolute atomic E-state index is 0.117. The first kappa shape index (κ1) is 13.8. The van der Waals surface area contributed by atoms with Gasteiger partial charge in [0, 0.05) is 48.7 Å². The fourth-order valence-electron chi connectivity index (χ4n) is 2.91. The molecule has 6 heteroatoms. The molecular weight excluding hydrogens is 268 g/mol. The molecule has 1 aromatic heterocycles. The van der Waals surface area contributed by atoms with Gasteiger partial charge in [0.2, 0.25) is 0 Å². The maximum absolute atomic E-state index is 11.1. The van der Waals surface area contributed by atoms with Gasteiger partial charge in [0.25, 0.3) is 5.69 Å². The van der Waals surface area contributed by atoms with E-state index in [1.807, 2.05) is 6.07 Å². The second kappa shape index (κ2) is 5.29. The summed E-state index contributed by atoms with van der Waals surface area (Å²) in [6, 6.07) is 5.20. The number of rotatable bonds is 2. The van der Waals surface area contributed by atoms with Crippen LogP contribution < -0.4 is 10.6 Å². The predicted octanol–water partition coefficient (Wildman–Crippen LogP) is 2.32. The van der Waals surface area contributed by atoms with E-state index in [0.29, 0.717) is 11.3 Å². The number of aromatic nitrogens is 1. The van der Waals surface area contributed by atoms with E-state index >= 15 is 0 Å². The van der Waals surface area contributed by atoms with Gasteiger partial charge in [-0.3, -0.25) is 15.1 Å². The van der Waals surface area contributed by atoms with Crippen LogP contribution in [-0.2, 0) is 0 Å². The molecule has 0 radical (unpaired) electrons. The van der Waals surface area contributed by atoms with E-state index in [4.69, 9.17) is 5.73 Å². The van der Waals surface area contributed by atoms with E-state index in [1.54, 1.807) is 24.5 Å². The molecule has 0 aliphatic carbocycles. The zero-order chi connectivity index (χ0) is 15.0. The Bertz CT molecular complexity index is 688. The third kappa shape index (κ3) is 2.42. The summed E-state index contributed by atoms with van der Waals surface area (Å²) >= 11 is 0. The fraction of sp³-hybridized carbons (Fsp3) is 0.400. The third-order valence-corrected chi connectivity index (χ3v) is 4.33. The Balaban J connectivity index is 2.08. The molecule has 110 valence electrons. The maximum Gasteiger partial charge on any atom is 0.277 e. The van der Waals surface area contributed by atoms with Crippen LogP contribution in [0.4, 0.5) is 11.4 Å². The van der Waals surface area contributed by atoms with Crippen LogP contribution in [0.15, 0.2) is 30.6 Å². The Hall–Kier alpha value is -2.21. The van der Waals surface area contributed by atoms with Crippen molar-refractivity contribution in [1.29, 1.82) is 0 Å². The number of benzene rings is 1. The first-order valence-electron chi connectivity index (χ1n) is 7.09. The Morgan fingerprint density at radius 2 is 2.19 bits per heavy atom. The molecule has 1 aliphatic heterocycles. The number of nitrogens with zero attached hydrogens (tertiary/aromatic N) is 3. The highest BCUT2D eigenvalue weighted by Crippen LogP contribution is 2.34. The molecular formula is C15H18N4O2. The molecule has 6 nitrogen and oxygen atoms in total. The first-order valence-corrected chi connectivity index (χ1v) is 7.09. The second-order valence-corrected chi connectivity index (χ2v) is 5.66. The molecule has 1 aromatic carbocycles. The fourth-order valence-corrected chi connectivity index (χ4v) is 2.91. The lowest BCUT2D eigenvalue weighted by molar-refractivity contribution is -0.383. The highest BCUT2D eigenvalue weighted by molar-refractivity contribution is 5.99. The van der Waals surface area contributed by atoms with E-state index in [-0.39, 0.29) is 16.7 Å². The molecule has 2 atom stereocenters. The van der Waals surface area contributed by atoms with Crippen LogP contribution in [0, 0.1) is 16.0 Å². The number of hydrogen-bond acceptors (Lipinski definition) is 5. The van der Waals surface area contributed by atoms with Gasteiger partial charge in [-0.1, -0.05) is 6.92 Å². The lowest BCUT2D eigenvalue weighted by Gasteiger charge is -2.37. The summed E-state index contributed by atoms with van der Waals surface area (Å²) in [5.41, 5.74) is 7.26. The minimum atomic E-state index is -0.351. The number of nitro benzene ring substituents is 1. The summed E-state index contributed by atoms with van der Waals surface area (Å²) in [5, 5.41) is 12.6. The zero-order valence-corrected chi connectivity index (χ0v) is 11.9. The largest absolute Gasteiger partial charge is 0.369 e. The topological polar surface area (TPSA) is 85.3 Å². The van der Waals surface area contributed by atoms with Crippen molar-refractivity contribution in [2.45, 2.75) is 19.4 Å². The quantitative estimate of drug-likeness (QED) is 0.676. The van der Waals surface area contributed by atoms with Crippen LogP contribution in [0.25, 0.3) is 10.8 Å². The summed E-state index contributed by atoms with van der Waals surface area (Å²) in [6.45, 7) is 3.84. The normalized spacial score (nSPS) is 22.5. The first-order chi connectivity index (χ1) is 10.1. The molecule has 0 amide bonds. The molecule has 2 N–H and O–H groups in total. The Kier molecular flexibility index (Phi) is 3.47. The molecule has 3 rings (SSSR count). The van der Waals surface area contributed by atoms with Crippen LogP contribution in [0.5, 0.6) is 0 Å². The molecule has 0 saturated carbocycles. The minimum Gasteiger partial charge on any atom is -0.369 e. The van der Waals surface area contributed by atoms with Gasteiger partial charge in [0.05, 0.1) is 10.3 Å². The number of pyridine rings is 1. The van der Waals surface area contributed by atoms with Crippen LogP contribution in [0.2, 0.25) is 0 Å².